The summed E-state index contributed by atoms with van der Waals surface area (Å²) in [7, 11) is 0. The molecule has 0 fully saturated rings. The Morgan fingerprint density at radius 3 is 2.64 bits per heavy atom. The number of phenols is 1. The van der Waals surface area contributed by atoms with E-state index in [2.05, 4.69) is 0 Å². The first kappa shape index (κ1) is 7.86. The van der Waals surface area contributed by atoms with Crippen LogP contribution in [-0.4, -0.2) is 5.11 Å². The summed E-state index contributed by atoms with van der Waals surface area (Å²) in [6.07, 6.45) is 3.83. The predicted molar refractivity (Wildman–Crippen MR) is 47.6 cm³/mol. The maximum atomic E-state index is 9.37. The molecule has 0 heterocycles. The van der Waals surface area contributed by atoms with Gasteiger partial charge in [-0.2, -0.15) is 0 Å². The van der Waals surface area contributed by atoms with E-state index in [1.54, 1.807) is 6.07 Å². The summed E-state index contributed by atoms with van der Waals surface area (Å²) in [5.74, 6) is 0.350. The molecule has 1 aromatic carbocycles. The maximum Gasteiger partial charge on any atom is 0.123 e. The van der Waals surface area contributed by atoms with Gasteiger partial charge >= 0.3 is 0 Å². The Balaban J connectivity index is 3.20. The van der Waals surface area contributed by atoms with Crippen LogP contribution in [0.1, 0.15) is 18.1 Å². The Kier molecular flexibility index (Phi) is 2.32. The average Bonchev–Trinajstić information content (AvgIpc) is 1.97. The van der Waals surface area contributed by atoms with Crippen molar-refractivity contribution in [1.82, 2.24) is 0 Å². The molecule has 11 heavy (non-hydrogen) atoms. The molecule has 58 valence electrons. The molecule has 0 saturated carbocycles. The number of allylic oxidation sites excluding steroid dienone is 1. The van der Waals surface area contributed by atoms with E-state index in [1.165, 1.54) is 0 Å². The van der Waals surface area contributed by atoms with Crippen LogP contribution >= 0.6 is 0 Å². The molecule has 0 aliphatic rings. The van der Waals surface area contributed by atoms with Crippen molar-refractivity contribution in [3.8, 4) is 5.75 Å². The Morgan fingerprint density at radius 2 is 2.09 bits per heavy atom. The Labute approximate surface area is 67.0 Å². The normalized spacial score (nSPS) is 10.7. The molecule has 0 atom stereocenters. The predicted octanol–water partition coefficient (Wildman–Crippen LogP) is 2.73. The zero-order valence-corrected chi connectivity index (χ0v) is 6.83. The molecule has 0 aliphatic heterocycles. The summed E-state index contributed by atoms with van der Waals surface area (Å²) in [6.45, 7) is 3.92. The molecular formula is C10H12O. The maximum absolute atomic E-state index is 9.37. The van der Waals surface area contributed by atoms with Crippen LogP contribution in [0.2, 0.25) is 0 Å². The van der Waals surface area contributed by atoms with Gasteiger partial charge in [0.2, 0.25) is 0 Å². The van der Waals surface area contributed by atoms with Crippen LogP contribution in [0, 0.1) is 6.92 Å². The number of aryl methyl sites for hydroxylation is 1. The summed E-state index contributed by atoms with van der Waals surface area (Å²) in [4.78, 5) is 0. The van der Waals surface area contributed by atoms with Crippen molar-refractivity contribution in [2.24, 2.45) is 0 Å². The molecule has 0 unspecified atom stereocenters. The highest BCUT2D eigenvalue weighted by molar-refractivity contribution is 5.60. The fraction of sp³-hybridized carbons (Fsp3) is 0.200. The van der Waals surface area contributed by atoms with Crippen molar-refractivity contribution in [2.45, 2.75) is 13.8 Å². The highest BCUT2D eigenvalue weighted by Gasteiger charge is 1.97. The van der Waals surface area contributed by atoms with Crippen LogP contribution in [0.15, 0.2) is 24.3 Å². The van der Waals surface area contributed by atoms with Crippen molar-refractivity contribution in [2.75, 3.05) is 0 Å². The highest BCUT2D eigenvalue weighted by atomic mass is 16.3. The summed E-state index contributed by atoms with van der Waals surface area (Å²) < 4.78 is 0. The molecule has 0 radical (unpaired) electrons. The monoisotopic (exact) mass is 148 g/mol. The molecule has 0 saturated heterocycles. The number of benzene rings is 1. The number of hydrogen-bond donors (Lipinski definition) is 1. The summed E-state index contributed by atoms with van der Waals surface area (Å²) in [5.41, 5.74) is 2.01. The number of rotatable bonds is 1. The molecule has 0 bridgehead atoms. The third-order valence-corrected chi connectivity index (χ3v) is 1.63. The van der Waals surface area contributed by atoms with Crippen LogP contribution in [0.3, 0.4) is 0 Å². The lowest BCUT2D eigenvalue weighted by atomic mass is 10.1. The van der Waals surface area contributed by atoms with Gasteiger partial charge in [-0.3, -0.25) is 0 Å². The number of phenolic OH excluding ortho intramolecular Hbond substituents is 1. The number of hydrogen-bond acceptors (Lipinski definition) is 1. The van der Waals surface area contributed by atoms with Crippen molar-refractivity contribution in [3.05, 3.63) is 35.4 Å². The first-order valence-corrected chi connectivity index (χ1v) is 3.67. The van der Waals surface area contributed by atoms with E-state index in [0.717, 1.165) is 11.1 Å². The number of aromatic hydroxyl groups is 1. The Bertz CT molecular complexity index is 254. The molecular weight excluding hydrogens is 136 g/mol. The van der Waals surface area contributed by atoms with Crippen LogP contribution in [0.4, 0.5) is 0 Å². The van der Waals surface area contributed by atoms with Gasteiger partial charge in [0.05, 0.1) is 0 Å². The molecule has 1 N–H and O–H groups in total. The minimum atomic E-state index is 0.350. The standard InChI is InChI=1S/C10H12O/c1-3-5-9-8(2)6-4-7-10(9)11/h3-7,11H,1-2H3/b5-3-. The molecule has 0 aliphatic carbocycles. The molecule has 1 aromatic rings. The van der Waals surface area contributed by atoms with Gasteiger partial charge in [0.1, 0.15) is 5.75 Å². The van der Waals surface area contributed by atoms with E-state index in [0.29, 0.717) is 5.75 Å². The fourth-order valence-electron chi connectivity index (χ4n) is 1.05. The minimum Gasteiger partial charge on any atom is -0.507 e. The van der Waals surface area contributed by atoms with Gasteiger partial charge in [-0.25, -0.2) is 0 Å². The average molecular weight is 148 g/mol. The second-order valence-corrected chi connectivity index (χ2v) is 2.51. The lowest BCUT2D eigenvalue weighted by Gasteiger charge is -2.01. The van der Waals surface area contributed by atoms with Gasteiger partial charge in [0, 0.05) is 5.56 Å². The Hall–Kier alpha value is -1.24. The van der Waals surface area contributed by atoms with E-state index in [4.69, 9.17) is 0 Å². The first-order chi connectivity index (χ1) is 5.25. The van der Waals surface area contributed by atoms with Gasteiger partial charge in [0.25, 0.3) is 0 Å². The van der Waals surface area contributed by atoms with Crippen LogP contribution in [0.25, 0.3) is 6.08 Å². The second kappa shape index (κ2) is 3.24. The topological polar surface area (TPSA) is 20.2 Å². The van der Waals surface area contributed by atoms with Gasteiger partial charge in [-0.1, -0.05) is 24.3 Å². The molecule has 1 rings (SSSR count). The van der Waals surface area contributed by atoms with Gasteiger partial charge in [-0.05, 0) is 25.5 Å². The highest BCUT2D eigenvalue weighted by Crippen LogP contribution is 2.21. The summed E-state index contributed by atoms with van der Waals surface area (Å²) in [5, 5.41) is 9.37. The zero-order chi connectivity index (χ0) is 8.27. The lowest BCUT2D eigenvalue weighted by Crippen LogP contribution is -1.79. The Morgan fingerprint density at radius 1 is 1.36 bits per heavy atom. The van der Waals surface area contributed by atoms with Crippen molar-refractivity contribution in [1.29, 1.82) is 0 Å². The van der Waals surface area contributed by atoms with Crippen molar-refractivity contribution >= 4 is 6.08 Å². The van der Waals surface area contributed by atoms with Gasteiger partial charge in [-0.15, -0.1) is 0 Å². The van der Waals surface area contributed by atoms with Crippen molar-refractivity contribution in [3.63, 3.8) is 0 Å². The van der Waals surface area contributed by atoms with E-state index in [9.17, 15) is 5.11 Å². The smallest absolute Gasteiger partial charge is 0.123 e. The molecule has 0 aromatic heterocycles. The zero-order valence-electron chi connectivity index (χ0n) is 6.83. The molecule has 1 heteroatoms. The first-order valence-electron chi connectivity index (χ1n) is 3.67. The molecule has 0 spiro atoms. The SMILES string of the molecule is C/C=C\c1c(C)cccc1O. The summed E-state index contributed by atoms with van der Waals surface area (Å²) >= 11 is 0. The largest absolute Gasteiger partial charge is 0.507 e. The molecule has 1 nitrogen and oxygen atoms in total. The van der Waals surface area contributed by atoms with Gasteiger partial charge in [0.15, 0.2) is 0 Å². The van der Waals surface area contributed by atoms with E-state index in [-0.39, 0.29) is 0 Å². The van der Waals surface area contributed by atoms with Gasteiger partial charge < -0.3 is 5.11 Å². The minimum absolute atomic E-state index is 0.350. The fourth-order valence-corrected chi connectivity index (χ4v) is 1.05. The van der Waals surface area contributed by atoms with Crippen LogP contribution in [0.5, 0.6) is 5.75 Å². The molecule has 0 amide bonds. The quantitative estimate of drug-likeness (QED) is 0.649. The lowest BCUT2D eigenvalue weighted by molar-refractivity contribution is 0.473. The summed E-state index contributed by atoms with van der Waals surface area (Å²) in [6, 6.07) is 5.52. The van der Waals surface area contributed by atoms with E-state index >= 15 is 0 Å². The van der Waals surface area contributed by atoms with Crippen molar-refractivity contribution < 1.29 is 5.11 Å². The van der Waals surface area contributed by atoms with Crippen LogP contribution < -0.4 is 0 Å². The second-order valence-electron chi connectivity index (χ2n) is 2.51. The third-order valence-electron chi connectivity index (χ3n) is 1.63. The van der Waals surface area contributed by atoms with E-state index in [1.807, 2.05) is 38.1 Å². The third kappa shape index (κ3) is 1.61. The van der Waals surface area contributed by atoms with Crippen LogP contribution in [-0.2, 0) is 0 Å². The van der Waals surface area contributed by atoms with E-state index < -0.39 is 0 Å².